The maximum atomic E-state index is 5.21. The lowest BCUT2D eigenvalue weighted by Crippen LogP contribution is -1.84. The summed E-state index contributed by atoms with van der Waals surface area (Å²) in [6.07, 6.45) is 8.01. The Balaban J connectivity index is 3.13. The molecule has 0 fully saturated rings. The Bertz CT molecular complexity index is 130. The van der Waals surface area contributed by atoms with Crippen LogP contribution in [0.5, 0.6) is 0 Å². The van der Waals surface area contributed by atoms with Crippen molar-refractivity contribution in [3.8, 4) is 0 Å². The number of unbranched alkanes of at least 4 members (excludes halogenated alkanes) is 1. The fraction of sp³-hybridized carbons (Fsp3) is 0.600. The molecule has 0 bridgehead atoms. The third-order valence-electron chi connectivity index (χ3n) is 1.24. The molecule has 0 aliphatic heterocycles. The van der Waals surface area contributed by atoms with Crippen molar-refractivity contribution < 1.29 is 4.74 Å². The summed E-state index contributed by atoms with van der Waals surface area (Å²) >= 11 is 1.79. The molecule has 0 saturated heterocycles. The van der Waals surface area contributed by atoms with E-state index in [0.717, 1.165) is 18.8 Å². The highest BCUT2D eigenvalue weighted by atomic mass is 32.2. The largest absolute Gasteiger partial charge is 0.501 e. The Kier molecular flexibility index (Phi) is 10.3. The molecular weight excluding hydrogens is 168 g/mol. The summed E-state index contributed by atoms with van der Waals surface area (Å²) in [5.74, 6) is 1.13. The summed E-state index contributed by atoms with van der Waals surface area (Å²) in [5, 5.41) is 2.07. The monoisotopic (exact) mass is 186 g/mol. The van der Waals surface area contributed by atoms with E-state index in [-0.39, 0.29) is 0 Å². The number of ether oxygens (including phenoxy) is 1. The fourth-order valence-electron chi connectivity index (χ4n) is 0.594. The zero-order valence-electron chi connectivity index (χ0n) is 7.95. The third-order valence-corrected chi connectivity index (χ3v) is 1.93. The molecule has 0 aliphatic rings. The van der Waals surface area contributed by atoms with Crippen LogP contribution >= 0.6 is 11.8 Å². The maximum Gasteiger partial charge on any atom is 0.0873 e. The summed E-state index contributed by atoms with van der Waals surface area (Å²) in [6.45, 7) is 5.13. The Morgan fingerprint density at radius 3 is 2.75 bits per heavy atom. The first-order valence-corrected chi connectivity index (χ1v) is 5.51. The van der Waals surface area contributed by atoms with Gasteiger partial charge < -0.3 is 4.74 Å². The van der Waals surface area contributed by atoms with Crippen LogP contribution < -0.4 is 0 Å². The van der Waals surface area contributed by atoms with Crippen LogP contribution in [-0.2, 0) is 4.74 Å². The fourth-order valence-corrected chi connectivity index (χ4v) is 0.988. The molecule has 0 unspecified atom stereocenters. The number of thioether (sulfide) groups is 1. The molecule has 0 spiro atoms. The van der Waals surface area contributed by atoms with E-state index in [0.29, 0.717) is 0 Å². The van der Waals surface area contributed by atoms with E-state index in [1.54, 1.807) is 18.0 Å². The van der Waals surface area contributed by atoms with Gasteiger partial charge in [-0.3, -0.25) is 0 Å². The Hall–Kier alpha value is -0.370. The van der Waals surface area contributed by atoms with Crippen LogP contribution in [0, 0.1) is 0 Å². The van der Waals surface area contributed by atoms with Crippen molar-refractivity contribution >= 4 is 11.8 Å². The lowest BCUT2D eigenvalue weighted by atomic mass is 10.4. The Labute approximate surface area is 79.9 Å². The molecule has 0 rings (SSSR count). The predicted molar refractivity (Wildman–Crippen MR) is 57.3 cm³/mol. The highest BCUT2D eigenvalue weighted by molar-refractivity contribution is 8.02. The van der Waals surface area contributed by atoms with Crippen LogP contribution in [0.3, 0.4) is 0 Å². The van der Waals surface area contributed by atoms with Gasteiger partial charge in [-0.2, -0.15) is 0 Å². The lowest BCUT2D eigenvalue weighted by molar-refractivity contribution is 0.244. The molecule has 0 amide bonds. The summed E-state index contributed by atoms with van der Waals surface area (Å²) in [6, 6.07) is 0. The molecule has 0 aromatic carbocycles. The second-order valence-corrected chi connectivity index (χ2v) is 3.52. The zero-order valence-corrected chi connectivity index (χ0v) is 8.77. The first-order chi connectivity index (χ1) is 5.91. The van der Waals surface area contributed by atoms with Gasteiger partial charge in [-0.25, -0.2) is 0 Å². The molecule has 2 heteroatoms. The van der Waals surface area contributed by atoms with Gasteiger partial charge in [0.2, 0.25) is 0 Å². The molecule has 0 aromatic rings. The first kappa shape index (κ1) is 11.6. The van der Waals surface area contributed by atoms with E-state index in [9.17, 15) is 0 Å². The molecule has 0 N–H and O–H groups in total. The number of hydrogen-bond acceptors (Lipinski definition) is 2. The molecule has 0 saturated carbocycles. The van der Waals surface area contributed by atoms with Crippen LogP contribution in [0.1, 0.15) is 26.7 Å². The van der Waals surface area contributed by atoms with Crippen molar-refractivity contribution in [2.24, 2.45) is 0 Å². The summed E-state index contributed by atoms with van der Waals surface area (Å²) in [5.41, 5.74) is 0. The van der Waals surface area contributed by atoms with Crippen LogP contribution in [0.25, 0.3) is 0 Å². The highest BCUT2D eigenvalue weighted by Crippen LogP contribution is 1.99. The molecule has 1 nitrogen and oxygen atoms in total. The standard InChI is InChI=1S/C10H18OS/c1-3-5-8-11-9-6-7-10-12-4-2/h6-7,9-10H,3-5,8H2,1-2H3/b9-6+,10-7+. The van der Waals surface area contributed by atoms with Crippen molar-refractivity contribution in [2.45, 2.75) is 26.7 Å². The minimum atomic E-state index is 0.835. The average molecular weight is 186 g/mol. The van der Waals surface area contributed by atoms with Crippen LogP contribution in [0.15, 0.2) is 23.8 Å². The van der Waals surface area contributed by atoms with Crippen molar-refractivity contribution in [3.63, 3.8) is 0 Å². The van der Waals surface area contributed by atoms with Crippen molar-refractivity contribution in [2.75, 3.05) is 12.4 Å². The number of hydrogen-bond donors (Lipinski definition) is 0. The quantitative estimate of drug-likeness (QED) is 0.341. The van der Waals surface area contributed by atoms with Gasteiger partial charge in [0.1, 0.15) is 0 Å². The van der Waals surface area contributed by atoms with E-state index in [4.69, 9.17) is 4.74 Å². The normalized spacial score (nSPS) is 11.5. The van der Waals surface area contributed by atoms with Crippen molar-refractivity contribution in [3.05, 3.63) is 23.8 Å². The van der Waals surface area contributed by atoms with E-state index >= 15 is 0 Å². The SMILES string of the molecule is CCCCO/C=C/C=C/SCC. The van der Waals surface area contributed by atoms with E-state index in [2.05, 4.69) is 19.3 Å². The first-order valence-electron chi connectivity index (χ1n) is 4.46. The highest BCUT2D eigenvalue weighted by Gasteiger charge is 1.78. The van der Waals surface area contributed by atoms with Gasteiger partial charge in [0, 0.05) is 0 Å². The molecule has 0 aliphatic carbocycles. The Morgan fingerprint density at radius 2 is 2.08 bits per heavy atom. The molecule has 0 aromatic heterocycles. The average Bonchev–Trinajstić information content (AvgIpc) is 2.10. The molecule has 70 valence electrons. The second kappa shape index (κ2) is 10.6. The summed E-state index contributed by atoms with van der Waals surface area (Å²) < 4.78 is 5.21. The van der Waals surface area contributed by atoms with Crippen molar-refractivity contribution in [1.29, 1.82) is 0 Å². The van der Waals surface area contributed by atoms with Gasteiger partial charge in [0.25, 0.3) is 0 Å². The van der Waals surface area contributed by atoms with Gasteiger partial charge in [0.15, 0.2) is 0 Å². The van der Waals surface area contributed by atoms with Gasteiger partial charge in [0.05, 0.1) is 12.9 Å². The van der Waals surface area contributed by atoms with Gasteiger partial charge in [-0.1, -0.05) is 26.3 Å². The second-order valence-electron chi connectivity index (χ2n) is 2.34. The van der Waals surface area contributed by atoms with E-state index in [1.165, 1.54) is 6.42 Å². The van der Waals surface area contributed by atoms with Crippen LogP contribution in [0.2, 0.25) is 0 Å². The Morgan fingerprint density at radius 1 is 1.25 bits per heavy atom. The van der Waals surface area contributed by atoms with Gasteiger partial charge in [-0.15, -0.1) is 11.8 Å². The van der Waals surface area contributed by atoms with Crippen LogP contribution in [0.4, 0.5) is 0 Å². The summed E-state index contributed by atoms with van der Waals surface area (Å²) in [4.78, 5) is 0. The molecule has 0 atom stereocenters. The lowest BCUT2D eigenvalue weighted by Gasteiger charge is -1.95. The van der Waals surface area contributed by atoms with Gasteiger partial charge in [-0.05, 0) is 23.7 Å². The molecule has 0 radical (unpaired) electrons. The number of rotatable bonds is 7. The number of allylic oxidation sites excluding steroid dienone is 2. The minimum absolute atomic E-state index is 0.835. The van der Waals surface area contributed by atoms with Crippen molar-refractivity contribution in [1.82, 2.24) is 0 Å². The maximum absolute atomic E-state index is 5.21. The molecular formula is C10H18OS. The van der Waals surface area contributed by atoms with Crippen LogP contribution in [-0.4, -0.2) is 12.4 Å². The van der Waals surface area contributed by atoms with Gasteiger partial charge >= 0.3 is 0 Å². The topological polar surface area (TPSA) is 9.23 Å². The summed E-state index contributed by atoms with van der Waals surface area (Å²) in [7, 11) is 0. The van der Waals surface area contributed by atoms with E-state index < -0.39 is 0 Å². The van der Waals surface area contributed by atoms with E-state index in [1.807, 2.05) is 12.2 Å². The molecule has 0 heterocycles. The predicted octanol–water partition coefficient (Wildman–Crippen LogP) is 3.58. The molecule has 12 heavy (non-hydrogen) atoms. The third kappa shape index (κ3) is 9.63. The minimum Gasteiger partial charge on any atom is -0.501 e. The smallest absolute Gasteiger partial charge is 0.0873 e. The zero-order chi connectivity index (χ0) is 9.07.